The van der Waals surface area contributed by atoms with Gasteiger partial charge in [0, 0.05) is 17.1 Å². The molecule has 0 saturated heterocycles. The molecule has 3 heterocycles. The van der Waals surface area contributed by atoms with E-state index in [4.69, 9.17) is 0 Å². The Morgan fingerprint density at radius 1 is 1.32 bits per heavy atom. The molecule has 6 heteroatoms. The molecule has 0 aliphatic carbocycles. The van der Waals surface area contributed by atoms with Gasteiger partial charge in [-0.05, 0) is 45.2 Å². The van der Waals surface area contributed by atoms with Crippen molar-refractivity contribution in [2.24, 2.45) is 0 Å². The standard InChI is InChI=1S/C16H13BrN4S/c1-10(12-9-22-14-5-3-2-4-11(12)14)20-16-15-13(17)8-19-21(15)7-6-18-16/h2-10H,1H3,(H,18,20). The van der Waals surface area contributed by atoms with E-state index in [1.807, 2.05) is 10.7 Å². The fraction of sp³-hybridized carbons (Fsp3) is 0.125. The average molecular weight is 373 g/mol. The molecule has 0 amide bonds. The quantitative estimate of drug-likeness (QED) is 0.557. The van der Waals surface area contributed by atoms with Crippen LogP contribution in [0.25, 0.3) is 15.6 Å². The zero-order valence-corrected chi connectivity index (χ0v) is 14.2. The minimum absolute atomic E-state index is 0.164. The lowest BCUT2D eigenvalue weighted by atomic mass is 10.1. The highest BCUT2D eigenvalue weighted by Crippen LogP contribution is 2.33. The Labute approximate surface area is 139 Å². The van der Waals surface area contributed by atoms with Gasteiger partial charge in [-0.15, -0.1) is 11.3 Å². The number of fused-ring (bicyclic) bond motifs is 2. The summed E-state index contributed by atoms with van der Waals surface area (Å²) in [5, 5.41) is 11.3. The zero-order chi connectivity index (χ0) is 15.1. The van der Waals surface area contributed by atoms with Crippen LogP contribution in [0.4, 0.5) is 5.82 Å². The van der Waals surface area contributed by atoms with E-state index in [9.17, 15) is 0 Å². The van der Waals surface area contributed by atoms with Crippen molar-refractivity contribution in [3.05, 3.63) is 58.3 Å². The monoisotopic (exact) mass is 372 g/mol. The van der Waals surface area contributed by atoms with Crippen LogP contribution in [0.1, 0.15) is 18.5 Å². The van der Waals surface area contributed by atoms with E-state index in [2.05, 4.69) is 67.9 Å². The van der Waals surface area contributed by atoms with E-state index in [-0.39, 0.29) is 6.04 Å². The predicted octanol–water partition coefficient (Wildman–Crippen LogP) is 4.88. The molecule has 0 saturated carbocycles. The van der Waals surface area contributed by atoms with Crippen molar-refractivity contribution in [1.29, 1.82) is 0 Å². The highest BCUT2D eigenvalue weighted by molar-refractivity contribution is 9.10. The summed E-state index contributed by atoms with van der Waals surface area (Å²) in [6.07, 6.45) is 5.38. The fourth-order valence-electron chi connectivity index (χ4n) is 2.63. The van der Waals surface area contributed by atoms with E-state index in [1.54, 1.807) is 23.7 Å². The molecule has 1 aromatic carbocycles. The summed E-state index contributed by atoms with van der Waals surface area (Å²) in [6, 6.07) is 8.64. The lowest BCUT2D eigenvalue weighted by Crippen LogP contribution is -2.08. The van der Waals surface area contributed by atoms with Crippen LogP contribution in [0.15, 0.2) is 52.7 Å². The number of thiophene rings is 1. The van der Waals surface area contributed by atoms with E-state index >= 15 is 0 Å². The van der Waals surface area contributed by atoms with Crippen LogP contribution in [-0.4, -0.2) is 14.6 Å². The molecule has 1 N–H and O–H groups in total. The molecule has 4 nitrogen and oxygen atoms in total. The van der Waals surface area contributed by atoms with Crippen LogP contribution in [0, 0.1) is 0 Å². The number of anilines is 1. The molecule has 1 atom stereocenters. The van der Waals surface area contributed by atoms with Crippen LogP contribution in [0.3, 0.4) is 0 Å². The van der Waals surface area contributed by atoms with Crippen molar-refractivity contribution in [3.63, 3.8) is 0 Å². The topological polar surface area (TPSA) is 42.2 Å². The smallest absolute Gasteiger partial charge is 0.153 e. The highest BCUT2D eigenvalue weighted by atomic mass is 79.9. The Kier molecular flexibility index (Phi) is 3.35. The number of nitrogens with one attached hydrogen (secondary N) is 1. The summed E-state index contributed by atoms with van der Waals surface area (Å²) in [5.41, 5.74) is 2.24. The van der Waals surface area contributed by atoms with Crippen LogP contribution >= 0.6 is 27.3 Å². The van der Waals surface area contributed by atoms with Gasteiger partial charge in [0.1, 0.15) is 5.52 Å². The van der Waals surface area contributed by atoms with Gasteiger partial charge in [-0.25, -0.2) is 9.50 Å². The number of benzene rings is 1. The lowest BCUT2D eigenvalue weighted by Gasteiger charge is -2.15. The summed E-state index contributed by atoms with van der Waals surface area (Å²) < 4.78 is 4.06. The first-order valence-corrected chi connectivity index (χ1v) is 8.62. The maximum Gasteiger partial charge on any atom is 0.153 e. The number of hydrogen-bond acceptors (Lipinski definition) is 4. The van der Waals surface area contributed by atoms with E-state index in [0.717, 1.165) is 15.8 Å². The van der Waals surface area contributed by atoms with Crippen LogP contribution in [0.2, 0.25) is 0 Å². The van der Waals surface area contributed by atoms with Crippen molar-refractivity contribution in [3.8, 4) is 0 Å². The van der Waals surface area contributed by atoms with Gasteiger partial charge >= 0.3 is 0 Å². The van der Waals surface area contributed by atoms with Crippen molar-refractivity contribution < 1.29 is 0 Å². The maximum absolute atomic E-state index is 4.47. The van der Waals surface area contributed by atoms with Gasteiger partial charge in [-0.3, -0.25) is 0 Å². The van der Waals surface area contributed by atoms with Crippen LogP contribution in [0.5, 0.6) is 0 Å². The molecule has 22 heavy (non-hydrogen) atoms. The molecule has 0 bridgehead atoms. The van der Waals surface area contributed by atoms with Crippen molar-refractivity contribution >= 4 is 48.7 Å². The number of hydrogen-bond donors (Lipinski definition) is 1. The summed E-state index contributed by atoms with van der Waals surface area (Å²) in [5.74, 6) is 0.828. The van der Waals surface area contributed by atoms with Crippen molar-refractivity contribution in [2.45, 2.75) is 13.0 Å². The highest BCUT2D eigenvalue weighted by Gasteiger charge is 2.15. The van der Waals surface area contributed by atoms with Crippen molar-refractivity contribution in [2.75, 3.05) is 5.32 Å². The minimum Gasteiger partial charge on any atom is -0.362 e. The largest absolute Gasteiger partial charge is 0.362 e. The maximum atomic E-state index is 4.47. The third-order valence-electron chi connectivity index (χ3n) is 3.72. The first-order valence-electron chi connectivity index (χ1n) is 6.94. The molecule has 4 aromatic rings. The SMILES string of the molecule is CC(Nc1nccn2ncc(Br)c12)c1csc2ccccc12. The predicted molar refractivity (Wildman–Crippen MR) is 94.5 cm³/mol. The second kappa shape index (κ2) is 5.37. The number of rotatable bonds is 3. The number of halogens is 1. The molecular formula is C16H13BrN4S. The van der Waals surface area contributed by atoms with Gasteiger partial charge in [-0.2, -0.15) is 5.10 Å². The fourth-order valence-corrected chi connectivity index (χ4v) is 4.15. The number of nitrogens with zero attached hydrogens (tertiary/aromatic N) is 3. The van der Waals surface area contributed by atoms with E-state index in [0.29, 0.717) is 0 Å². The zero-order valence-electron chi connectivity index (χ0n) is 11.8. The molecule has 3 aromatic heterocycles. The lowest BCUT2D eigenvalue weighted by molar-refractivity contribution is 0.877. The Morgan fingerprint density at radius 3 is 3.09 bits per heavy atom. The number of aromatic nitrogens is 3. The Hall–Kier alpha value is -1.92. The molecule has 110 valence electrons. The van der Waals surface area contributed by atoms with Gasteiger partial charge in [0.2, 0.25) is 0 Å². The minimum atomic E-state index is 0.164. The third kappa shape index (κ3) is 2.19. The van der Waals surface area contributed by atoms with Gasteiger partial charge in [0.15, 0.2) is 5.82 Å². The van der Waals surface area contributed by atoms with Crippen molar-refractivity contribution in [1.82, 2.24) is 14.6 Å². The summed E-state index contributed by atoms with van der Waals surface area (Å²) >= 11 is 5.31. The second-order valence-corrected chi connectivity index (χ2v) is 6.88. The van der Waals surface area contributed by atoms with E-state index in [1.165, 1.54) is 15.6 Å². The second-order valence-electron chi connectivity index (χ2n) is 5.11. The van der Waals surface area contributed by atoms with Crippen LogP contribution < -0.4 is 5.32 Å². The van der Waals surface area contributed by atoms with Gasteiger partial charge in [-0.1, -0.05) is 18.2 Å². The molecule has 0 aliphatic rings. The first kappa shape index (κ1) is 13.7. The molecule has 1 unspecified atom stereocenters. The van der Waals surface area contributed by atoms with Gasteiger partial charge < -0.3 is 5.32 Å². The molecule has 0 spiro atoms. The normalized spacial score (nSPS) is 12.8. The summed E-state index contributed by atoms with van der Waals surface area (Å²) in [4.78, 5) is 4.47. The average Bonchev–Trinajstić information content (AvgIpc) is 3.12. The molecule has 4 rings (SSSR count). The van der Waals surface area contributed by atoms with Gasteiger partial charge in [0.25, 0.3) is 0 Å². The Bertz CT molecular complexity index is 959. The molecule has 0 aliphatic heterocycles. The van der Waals surface area contributed by atoms with Crippen LogP contribution in [-0.2, 0) is 0 Å². The summed E-state index contributed by atoms with van der Waals surface area (Å²) in [6.45, 7) is 2.16. The van der Waals surface area contributed by atoms with Gasteiger partial charge in [0.05, 0.1) is 16.7 Å². The van der Waals surface area contributed by atoms with E-state index < -0.39 is 0 Å². The molecular weight excluding hydrogens is 360 g/mol. The summed E-state index contributed by atoms with van der Waals surface area (Å²) in [7, 11) is 0. The third-order valence-corrected chi connectivity index (χ3v) is 5.28. The Balaban J connectivity index is 1.74. The molecule has 0 radical (unpaired) electrons. The first-order chi connectivity index (χ1) is 10.7. The Morgan fingerprint density at radius 2 is 2.18 bits per heavy atom. The molecule has 0 fully saturated rings.